The van der Waals surface area contributed by atoms with Gasteiger partial charge in [0.15, 0.2) is 0 Å². The molecule has 1 N–H and O–H groups in total. The molecular weight excluding hydrogens is 385 g/mol. The molecule has 1 amide bonds. The summed E-state index contributed by atoms with van der Waals surface area (Å²) in [7, 11) is 0. The molecular formula is C15H20INO4. The second kappa shape index (κ2) is 8.21. The molecule has 1 atom stereocenters. The summed E-state index contributed by atoms with van der Waals surface area (Å²) < 4.78 is 10.7. The van der Waals surface area contributed by atoms with Crippen molar-refractivity contribution in [2.24, 2.45) is 0 Å². The number of benzene rings is 1. The molecule has 0 aromatic heterocycles. The number of alkyl carbamates (subject to hydrolysis) is 1. The molecule has 0 aliphatic heterocycles. The van der Waals surface area contributed by atoms with E-state index in [9.17, 15) is 9.59 Å². The first kappa shape index (κ1) is 17.7. The van der Waals surface area contributed by atoms with Crippen molar-refractivity contribution < 1.29 is 19.1 Å². The van der Waals surface area contributed by atoms with E-state index in [0.717, 1.165) is 5.56 Å². The normalized spacial score (nSPS) is 12.4. The Balaban J connectivity index is 2.45. The smallest absolute Gasteiger partial charge is 0.408 e. The molecule has 21 heavy (non-hydrogen) atoms. The Labute approximate surface area is 138 Å². The van der Waals surface area contributed by atoms with Crippen LogP contribution < -0.4 is 5.32 Å². The molecule has 0 radical (unpaired) electrons. The third-order valence-corrected chi connectivity index (χ3v) is 3.23. The van der Waals surface area contributed by atoms with Gasteiger partial charge in [-0.15, -0.1) is 0 Å². The van der Waals surface area contributed by atoms with Crippen LogP contribution >= 0.6 is 22.6 Å². The van der Waals surface area contributed by atoms with Crippen molar-refractivity contribution in [1.29, 1.82) is 0 Å². The van der Waals surface area contributed by atoms with E-state index in [-0.39, 0.29) is 6.61 Å². The van der Waals surface area contributed by atoms with Crippen molar-refractivity contribution in [1.82, 2.24) is 5.32 Å². The van der Waals surface area contributed by atoms with Crippen LogP contribution in [0, 0.1) is 0 Å². The predicted molar refractivity (Wildman–Crippen MR) is 88.3 cm³/mol. The molecule has 0 spiro atoms. The topological polar surface area (TPSA) is 64.6 Å². The molecule has 0 saturated carbocycles. The van der Waals surface area contributed by atoms with Gasteiger partial charge in [0.1, 0.15) is 18.2 Å². The molecule has 5 nitrogen and oxygen atoms in total. The minimum Gasteiger partial charge on any atom is -0.458 e. The molecule has 6 heteroatoms. The van der Waals surface area contributed by atoms with Crippen LogP contribution in [0.25, 0.3) is 0 Å². The summed E-state index contributed by atoms with van der Waals surface area (Å²) in [6, 6.07) is 8.62. The average molecular weight is 405 g/mol. The van der Waals surface area contributed by atoms with Crippen molar-refractivity contribution in [2.45, 2.75) is 39.0 Å². The van der Waals surface area contributed by atoms with E-state index in [1.165, 1.54) is 0 Å². The number of rotatable bonds is 5. The van der Waals surface area contributed by atoms with Gasteiger partial charge in [-0.25, -0.2) is 9.59 Å². The number of hydrogen-bond acceptors (Lipinski definition) is 4. The van der Waals surface area contributed by atoms with Gasteiger partial charge in [-0.2, -0.15) is 0 Å². The number of nitrogens with one attached hydrogen (secondary N) is 1. The van der Waals surface area contributed by atoms with Crippen molar-refractivity contribution in [2.75, 3.05) is 4.43 Å². The van der Waals surface area contributed by atoms with Gasteiger partial charge in [0.05, 0.1) is 0 Å². The van der Waals surface area contributed by atoms with E-state index < -0.39 is 23.7 Å². The molecule has 0 aliphatic rings. The lowest BCUT2D eigenvalue weighted by molar-refractivity contribution is -0.156. The van der Waals surface area contributed by atoms with Crippen molar-refractivity contribution >= 4 is 34.7 Å². The highest BCUT2D eigenvalue weighted by Gasteiger charge is 2.26. The van der Waals surface area contributed by atoms with Crippen molar-refractivity contribution in [3.8, 4) is 0 Å². The van der Waals surface area contributed by atoms with Crippen molar-refractivity contribution in [3.05, 3.63) is 35.9 Å². The minimum absolute atomic E-state index is 0.162. The first-order chi connectivity index (χ1) is 9.81. The standard InChI is InChI=1S/C15H20INO4/c1-15(2,3)21-13(18)12(9-16)17-14(19)20-10-11-7-5-4-6-8-11/h4-8,12H,9-10H2,1-3H3,(H,17,19). The predicted octanol–water partition coefficient (Wildman–Crippen LogP) is 3.06. The van der Waals surface area contributed by atoms with Crippen LogP contribution in [0.4, 0.5) is 4.79 Å². The van der Waals surface area contributed by atoms with E-state index in [1.807, 2.05) is 52.9 Å². The van der Waals surface area contributed by atoms with Crippen molar-refractivity contribution in [3.63, 3.8) is 0 Å². The number of alkyl halides is 1. The molecule has 0 aliphatic carbocycles. The summed E-state index contributed by atoms with van der Waals surface area (Å²) in [6.07, 6.45) is -0.633. The fourth-order valence-electron chi connectivity index (χ4n) is 1.44. The highest BCUT2D eigenvalue weighted by Crippen LogP contribution is 2.10. The maximum atomic E-state index is 11.9. The van der Waals surface area contributed by atoms with Gasteiger partial charge in [-0.05, 0) is 26.3 Å². The molecule has 0 bridgehead atoms. The second-order valence-electron chi connectivity index (χ2n) is 5.45. The molecule has 1 aromatic rings. The van der Waals surface area contributed by atoms with Crippen LogP contribution in [-0.2, 0) is 20.9 Å². The number of halogens is 1. The Bertz CT molecular complexity index is 470. The molecule has 116 valence electrons. The van der Waals surface area contributed by atoms with Gasteiger partial charge in [0.25, 0.3) is 0 Å². The molecule has 1 unspecified atom stereocenters. The van der Waals surface area contributed by atoms with Gasteiger partial charge in [-0.1, -0.05) is 52.9 Å². The van der Waals surface area contributed by atoms with Crippen LogP contribution in [0.3, 0.4) is 0 Å². The molecule has 1 aromatic carbocycles. The average Bonchev–Trinajstić information content (AvgIpc) is 2.41. The highest BCUT2D eigenvalue weighted by atomic mass is 127. The Kier molecular flexibility index (Phi) is 6.94. The first-order valence-electron chi connectivity index (χ1n) is 6.58. The molecule has 0 heterocycles. The zero-order valence-electron chi connectivity index (χ0n) is 12.4. The zero-order chi connectivity index (χ0) is 15.9. The molecule has 0 saturated heterocycles. The highest BCUT2D eigenvalue weighted by molar-refractivity contribution is 14.1. The third-order valence-electron chi connectivity index (χ3n) is 2.35. The molecule has 0 fully saturated rings. The molecule has 1 rings (SSSR count). The van der Waals surface area contributed by atoms with Gasteiger partial charge < -0.3 is 14.8 Å². The largest absolute Gasteiger partial charge is 0.458 e. The number of amides is 1. The summed E-state index contributed by atoms with van der Waals surface area (Å²) >= 11 is 2.02. The first-order valence-corrected chi connectivity index (χ1v) is 8.10. The number of carbonyl (C=O) groups is 2. The summed E-state index contributed by atoms with van der Waals surface area (Å²) in [5.74, 6) is -0.464. The Morgan fingerprint density at radius 2 is 1.86 bits per heavy atom. The summed E-state index contributed by atoms with van der Waals surface area (Å²) in [6.45, 7) is 5.50. The Morgan fingerprint density at radius 1 is 1.24 bits per heavy atom. The van der Waals surface area contributed by atoms with Crippen LogP contribution in [0.1, 0.15) is 26.3 Å². The monoisotopic (exact) mass is 405 g/mol. The lowest BCUT2D eigenvalue weighted by atomic mass is 10.2. The van der Waals surface area contributed by atoms with Gasteiger partial charge in [-0.3, -0.25) is 0 Å². The lowest BCUT2D eigenvalue weighted by Crippen LogP contribution is -2.45. The Morgan fingerprint density at radius 3 is 2.38 bits per heavy atom. The van der Waals surface area contributed by atoms with Gasteiger partial charge in [0.2, 0.25) is 0 Å². The van der Waals surface area contributed by atoms with Crippen LogP contribution in [0.15, 0.2) is 30.3 Å². The van der Waals surface area contributed by atoms with Crippen LogP contribution in [0.2, 0.25) is 0 Å². The van der Waals surface area contributed by atoms with Gasteiger partial charge >= 0.3 is 12.1 Å². The van der Waals surface area contributed by atoms with E-state index in [4.69, 9.17) is 9.47 Å². The third kappa shape index (κ3) is 7.31. The summed E-state index contributed by atoms with van der Waals surface area (Å²) in [5, 5.41) is 2.52. The quantitative estimate of drug-likeness (QED) is 0.465. The van der Waals surface area contributed by atoms with E-state index in [0.29, 0.717) is 4.43 Å². The number of carbonyl (C=O) groups excluding carboxylic acids is 2. The van der Waals surface area contributed by atoms with E-state index in [1.54, 1.807) is 20.8 Å². The number of esters is 1. The maximum absolute atomic E-state index is 11.9. The van der Waals surface area contributed by atoms with Crippen LogP contribution in [-0.4, -0.2) is 28.1 Å². The number of ether oxygens (including phenoxy) is 2. The maximum Gasteiger partial charge on any atom is 0.408 e. The van der Waals surface area contributed by atoms with Gasteiger partial charge in [0, 0.05) is 4.43 Å². The fourth-order valence-corrected chi connectivity index (χ4v) is 2.02. The second-order valence-corrected chi connectivity index (χ2v) is 6.33. The zero-order valence-corrected chi connectivity index (χ0v) is 14.5. The minimum atomic E-state index is -0.715. The summed E-state index contributed by atoms with van der Waals surface area (Å²) in [4.78, 5) is 23.6. The SMILES string of the molecule is CC(C)(C)OC(=O)C(CI)NC(=O)OCc1ccccc1. The summed E-state index contributed by atoms with van der Waals surface area (Å²) in [5.41, 5.74) is 0.299. The number of hydrogen-bond donors (Lipinski definition) is 1. The van der Waals surface area contributed by atoms with Crippen LogP contribution in [0.5, 0.6) is 0 Å². The Hall–Kier alpha value is -1.31. The van der Waals surface area contributed by atoms with E-state index >= 15 is 0 Å². The lowest BCUT2D eigenvalue weighted by Gasteiger charge is -2.23. The fraction of sp³-hybridized carbons (Fsp3) is 0.467. The van der Waals surface area contributed by atoms with E-state index in [2.05, 4.69) is 5.32 Å².